The summed E-state index contributed by atoms with van der Waals surface area (Å²) in [5, 5.41) is 0. The van der Waals surface area contributed by atoms with Gasteiger partial charge in [0.1, 0.15) is 0 Å². The van der Waals surface area contributed by atoms with Gasteiger partial charge in [-0.2, -0.15) is 0 Å². The summed E-state index contributed by atoms with van der Waals surface area (Å²) in [6.45, 7) is 3.55. The van der Waals surface area contributed by atoms with Crippen molar-refractivity contribution in [1.29, 1.82) is 0 Å². The number of aldehydes is 1. The number of aromatic amines is 1. The van der Waals surface area contributed by atoms with Crippen molar-refractivity contribution in [3.63, 3.8) is 0 Å². The molecule has 0 amide bonds. The van der Waals surface area contributed by atoms with E-state index in [4.69, 9.17) is 0 Å². The lowest BCUT2D eigenvalue weighted by molar-refractivity contribution is 0.103. The molecule has 0 bridgehead atoms. The van der Waals surface area contributed by atoms with Crippen molar-refractivity contribution in [2.24, 2.45) is 0 Å². The molecular weight excluding hydrogens is 224 g/mol. The maximum Gasteiger partial charge on any atom is 0.221 e. The summed E-state index contributed by atoms with van der Waals surface area (Å²) in [7, 11) is 0. The van der Waals surface area contributed by atoms with Crippen LogP contribution in [-0.2, 0) is 0 Å². The predicted molar refractivity (Wildman–Crippen MR) is 61.2 cm³/mol. The molecule has 0 aliphatic carbocycles. The third kappa shape index (κ3) is 1.59. The molecule has 82 valence electrons. The fourth-order valence-corrected chi connectivity index (χ4v) is 2.25. The summed E-state index contributed by atoms with van der Waals surface area (Å²) < 4.78 is 0. The second kappa shape index (κ2) is 4.02. The Balaban J connectivity index is 2.46. The summed E-state index contributed by atoms with van der Waals surface area (Å²) >= 11 is 1.31. The van der Waals surface area contributed by atoms with E-state index in [1.807, 2.05) is 0 Å². The number of thiazole rings is 1. The van der Waals surface area contributed by atoms with Crippen molar-refractivity contribution >= 4 is 23.4 Å². The van der Waals surface area contributed by atoms with Crippen LogP contribution in [0.5, 0.6) is 0 Å². The Morgan fingerprint density at radius 3 is 2.75 bits per heavy atom. The number of aryl methyl sites for hydroxylation is 1. The van der Waals surface area contributed by atoms with Gasteiger partial charge >= 0.3 is 0 Å². The highest BCUT2D eigenvalue weighted by Crippen LogP contribution is 2.20. The second-order valence-electron chi connectivity index (χ2n) is 3.46. The molecule has 0 saturated carbocycles. The summed E-state index contributed by atoms with van der Waals surface area (Å²) in [6, 6.07) is 0. The van der Waals surface area contributed by atoms with Crippen LogP contribution in [0.15, 0.2) is 11.7 Å². The Bertz CT molecular complexity index is 554. The van der Waals surface area contributed by atoms with E-state index in [9.17, 15) is 9.59 Å². The van der Waals surface area contributed by atoms with Crippen LogP contribution in [0.1, 0.15) is 37.0 Å². The lowest BCUT2D eigenvalue weighted by Crippen LogP contribution is -2.03. The van der Waals surface area contributed by atoms with Crippen molar-refractivity contribution in [3.05, 3.63) is 39.1 Å². The third-order valence-electron chi connectivity index (χ3n) is 2.49. The predicted octanol–water partition coefficient (Wildman–Crippen LogP) is 2.13. The molecule has 2 heterocycles. The van der Waals surface area contributed by atoms with Gasteiger partial charge in [-0.15, -0.1) is 11.3 Å². The Hall–Kier alpha value is -1.75. The van der Waals surface area contributed by atoms with Crippen LogP contribution in [0.25, 0.3) is 0 Å². The number of hydrogen-bond donors (Lipinski definition) is 1. The normalized spacial score (nSPS) is 10.4. The minimum absolute atomic E-state index is 0.106. The largest absolute Gasteiger partial charge is 0.358 e. The topological polar surface area (TPSA) is 62.8 Å². The van der Waals surface area contributed by atoms with E-state index >= 15 is 0 Å². The number of hydrogen-bond acceptors (Lipinski definition) is 4. The van der Waals surface area contributed by atoms with Crippen LogP contribution in [-0.4, -0.2) is 22.0 Å². The number of ketones is 1. The first kappa shape index (κ1) is 10.8. The average molecular weight is 234 g/mol. The molecular formula is C11H10N2O2S. The van der Waals surface area contributed by atoms with Gasteiger partial charge < -0.3 is 4.98 Å². The van der Waals surface area contributed by atoms with E-state index in [2.05, 4.69) is 9.97 Å². The van der Waals surface area contributed by atoms with Crippen molar-refractivity contribution < 1.29 is 9.59 Å². The first-order valence-corrected chi connectivity index (χ1v) is 5.61. The Kier molecular flexibility index (Phi) is 2.70. The van der Waals surface area contributed by atoms with Gasteiger partial charge in [0.2, 0.25) is 5.78 Å². The summed E-state index contributed by atoms with van der Waals surface area (Å²) in [5.74, 6) is -0.106. The quantitative estimate of drug-likeness (QED) is 0.653. The molecule has 0 unspecified atom stereocenters. The van der Waals surface area contributed by atoms with Crippen LogP contribution < -0.4 is 0 Å². The highest BCUT2D eigenvalue weighted by atomic mass is 32.1. The number of aromatic nitrogens is 2. The molecule has 0 radical (unpaired) electrons. The fourth-order valence-electron chi connectivity index (χ4n) is 1.50. The van der Waals surface area contributed by atoms with Crippen molar-refractivity contribution in [1.82, 2.24) is 9.97 Å². The Labute approximate surface area is 96.3 Å². The van der Waals surface area contributed by atoms with Crippen LogP contribution >= 0.6 is 11.3 Å². The van der Waals surface area contributed by atoms with Gasteiger partial charge in [0, 0.05) is 11.8 Å². The summed E-state index contributed by atoms with van der Waals surface area (Å²) in [4.78, 5) is 30.3. The maximum absolute atomic E-state index is 12.1. The molecule has 5 heteroatoms. The van der Waals surface area contributed by atoms with Crippen molar-refractivity contribution in [2.75, 3.05) is 0 Å². The molecule has 2 rings (SSSR count). The molecule has 0 aliphatic rings. The molecule has 2 aromatic rings. The highest BCUT2D eigenvalue weighted by molar-refractivity contribution is 7.12. The van der Waals surface area contributed by atoms with Crippen LogP contribution in [0.3, 0.4) is 0 Å². The highest BCUT2D eigenvalue weighted by Gasteiger charge is 2.19. The van der Waals surface area contributed by atoms with Gasteiger partial charge in [0.15, 0.2) is 6.29 Å². The van der Waals surface area contributed by atoms with Gasteiger partial charge in [0.25, 0.3) is 0 Å². The zero-order valence-electron chi connectivity index (χ0n) is 8.90. The molecule has 4 nitrogen and oxygen atoms in total. The number of carbonyl (C=O) groups is 2. The van der Waals surface area contributed by atoms with Crippen LogP contribution in [0, 0.1) is 13.8 Å². The number of H-pyrrole nitrogens is 1. The van der Waals surface area contributed by atoms with Gasteiger partial charge in [-0.3, -0.25) is 9.59 Å². The summed E-state index contributed by atoms with van der Waals surface area (Å²) in [6.07, 6.45) is 2.29. The Morgan fingerprint density at radius 2 is 2.25 bits per heavy atom. The zero-order valence-corrected chi connectivity index (χ0v) is 9.72. The monoisotopic (exact) mass is 234 g/mol. The van der Waals surface area contributed by atoms with E-state index in [-0.39, 0.29) is 5.78 Å². The number of nitrogens with zero attached hydrogens (tertiary/aromatic N) is 1. The van der Waals surface area contributed by atoms with Crippen molar-refractivity contribution in [2.45, 2.75) is 13.8 Å². The molecule has 0 atom stereocenters. The molecule has 2 aromatic heterocycles. The smallest absolute Gasteiger partial charge is 0.221 e. The number of carbonyl (C=O) groups excluding carboxylic acids is 2. The molecule has 0 saturated heterocycles. The van der Waals surface area contributed by atoms with Gasteiger partial charge in [-0.05, 0) is 19.4 Å². The molecule has 0 aliphatic heterocycles. The standard InChI is InChI=1S/C11H10N2O2S/c1-6-8(4-14)3-12-9(6)10(15)11-7(2)13-5-16-11/h3-5,12H,1-2H3. The first-order valence-electron chi connectivity index (χ1n) is 4.73. The third-order valence-corrected chi connectivity index (χ3v) is 3.41. The molecule has 0 fully saturated rings. The van der Waals surface area contributed by atoms with Crippen LogP contribution in [0.2, 0.25) is 0 Å². The van der Waals surface area contributed by atoms with E-state index in [0.29, 0.717) is 21.7 Å². The van der Waals surface area contributed by atoms with Gasteiger partial charge in [-0.1, -0.05) is 0 Å². The van der Waals surface area contributed by atoms with Crippen LogP contribution in [0.4, 0.5) is 0 Å². The molecule has 0 spiro atoms. The van der Waals surface area contributed by atoms with E-state index in [0.717, 1.165) is 12.0 Å². The van der Waals surface area contributed by atoms with E-state index in [1.165, 1.54) is 11.3 Å². The lowest BCUT2D eigenvalue weighted by Gasteiger charge is -1.98. The SMILES string of the molecule is Cc1ncsc1C(=O)c1[nH]cc(C=O)c1C. The summed E-state index contributed by atoms with van der Waals surface area (Å²) in [5.41, 5.74) is 4.03. The Morgan fingerprint density at radius 1 is 1.50 bits per heavy atom. The van der Waals surface area contributed by atoms with E-state index < -0.39 is 0 Å². The molecule has 0 aromatic carbocycles. The van der Waals surface area contributed by atoms with Gasteiger partial charge in [-0.25, -0.2) is 4.98 Å². The van der Waals surface area contributed by atoms with Gasteiger partial charge in [0.05, 0.1) is 21.8 Å². The van der Waals surface area contributed by atoms with E-state index in [1.54, 1.807) is 25.6 Å². The molecule has 16 heavy (non-hydrogen) atoms. The second-order valence-corrected chi connectivity index (χ2v) is 4.31. The minimum Gasteiger partial charge on any atom is -0.358 e. The maximum atomic E-state index is 12.1. The fraction of sp³-hybridized carbons (Fsp3) is 0.182. The minimum atomic E-state index is -0.106. The number of rotatable bonds is 3. The average Bonchev–Trinajstić information content (AvgIpc) is 2.84. The number of nitrogens with one attached hydrogen (secondary N) is 1. The zero-order chi connectivity index (χ0) is 11.7. The van der Waals surface area contributed by atoms with Crippen molar-refractivity contribution in [3.8, 4) is 0 Å². The molecule has 1 N–H and O–H groups in total. The lowest BCUT2D eigenvalue weighted by atomic mass is 10.1. The first-order chi connectivity index (χ1) is 7.65.